The van der Waals surface area contributed by atoms with Crippen molar-refractivity contribution in [3.63, 3.8) is 0 Å². The number of halogens is 2. The zero-order valence-electron chi connectivity index (χ0n) is 13.0. The molecule has 0 radical (unpaired) electrons. The van der Waals surface area contributed by atoms with E-state index >= 15 is 0 Å². The summed E-state index contributed by atoms with van der Waals surface area (Å²) in [4.78, 5) is 0. The average molecular weight is 424 g/mol. The highest BCUT2D eigenvalue weighted by Gasteiger charge is 2.15. The Labute approximate surface area is 144 Å². The summed E-state index contributed by atoms with van der Waals surface area (Å²) >= 11 is 7.11. The van der Waals surface area contributed by atoms with E-state index in [0.717, 1.165) is 28.6 Å². The number of hydrogen-bond donors (Lipinski definition) is 0. The van der Waals surface area contributed by atoms with Crippen LogP contribution in [0.1, 0.15) is 24.8 Å². The van der Waals surface area contributed by atoms with Gasteiger partial charge in [-0.25, -0.2) is 0 Å². The topological polar surface area (TPSA) is 27.7 Å². The van der Waals surface area contributed by atoms with Crippen LogP contribution in [0.15, 0.2) is 12.1 Å². The van der Waals surface area contributed by atoms with Gasteiger partial charge in [0.2, 0.25) is 5.75 Å². The summed E-state index contributed by atoms with van der Waals surface area (Å²) in [6.45, 7) is 0. The van der Waals surface area contributed by atoms with E-state index in [4.69, 9.17) is 14.2 Å². The Kier molecular flexibility index (Phi) is 9.16. The molecule has 0 aliphatic carbocycles. The maximum Gasteiger partial charge on any atom is 0.203 e. The second-order valence-electron chi connectivity index (χ2n) is 4.94. The lowest BCUT2D eigenvalue weighted by Gasteiger charge is -2.17. The van der Waals surface area contributed by atoms with Crippen LogP contribution < -0.4 is 14.2 Å². The molecular formula is C16H24Br2O3. The highest BCUT2D eigenvalue weighted by Crippen LogP contribution is 2.39. The van der Waals surface area contributed by atoms with Gasteiger partial charge in [-0.2, -0.15) is 0 Å². The highest BCUT2D eigenvalue weighted by molar-refractivity contribution is 9.09. The fourth-order valence-corrected chi connectivity index (χ4v) is 3.30. The zero-order chi connectivity index (χ0) is 15.7. The fraction of sp³-hybridized carbons (Fsp3) is 0.625. The molecule has 5 heteroatoms. The summed E-state index contributed by atoms with van der Waals surface area (Å²) in [7, 11) is 4.93. The maximum atomic E-state index is 5.41. The molecule has 0 fully saturated rings. The van der Waals surface area contributed by atoms with Crippen molar-refractivity contribution < 1.29 is 14.2 Å². The maximum absolute atomic E-state index is 5.41. The van der Waals surface area contributed by atoms with Crippen LogP contribution in [0.4, 0.5) is 0 Å². The molecule has 0 bridgehead atoms. The van der Waals surface area contributed by atoms with Crippen LogP contribution in [0.5, 0.6) is 17.2 Å². The molecule has 0 saturated carbocycles. The second kappa shape index (κ2) is 10.3. The number of hydrogen-bond acceptors (Lipinski definition) is 3. The van der Waals surface area contributed by atoms with Crippen LogP contribution in [0.3, 0.4) is 0 Å². The van der Waals surface area contributed by atoms with Gasteiger partial charge in [0.1, 0.15) is 0 Å². The quantitative estimate of drug-likeness (QED) is 0.398. The molecule has 120 valence electrons. The Balaban J connectivity index is 2.86. The third-order valence-corrected chi connectivity index (χ3v) is 4.94. The van der Waals surface area contributed by atoms with Crippen LogP contribution >= 0.6 is 31.9 Å². The molecule has 1 aromatic carbocycles. The van der Waals surface area contributed by atoms with E-state index in [1.54, 1.807) is 21.3 Å². The largest absolute Gasteiger partial charge is 0.493 e. The first-order chi connectivity index (χ1) is 10.2. The van der Waals surface area contributed by atoms with Gasteiger partial charge in [-0.1, -0.05) is 38.3 Å². The molecule has 0 aliphatic heterocycles. The van der Waals surface area contributed by atoms with Gasteiger partial charge in [-0.15, -0.1) is 0 Å². The van der Waals surface area contributed by atoms with E-state index in [9.17, 15) is 0 Å². The van der Waals surface area contributed by atoms with Crippen LogP contribution in [0.25, 0.3) is 0 Å². The number of unbranched alkanes of at least 4 members (excludes halogenated alkanes) is 1. The Morgan fingerprint density at radius 1 is 0.952 bits per heavy atom. The van der Waals surface area contributed by atoms with Gasteiger partial charge >= 0.3 is 0 Å². The van der Waals surface area contributed by atoms with Crippen molar-refractivity contribution in [3.8, 4) is 17.2 Å². The molecule has 0 saturated heterocycles. The van der Waals surface area contributed by atoms with Gasteiger partial charge in [-0.05, 0) is 42.9 Å². The summed E-state index contributed by atoms with van der Waals surface area (Å²) < 4.78 is 16.2. The Bertz CT molecular complexity index is 399. The Morgan fingerprint density at radius 3 is 2.00 bits per heavy atom. The van der Waals surface area contributed by atoms with Crippen LogP contribution in [0, 0.1) is 5.92 Å². The third-order valence-electron chi connectivity index (χ3n) is 3.46. The molecule has 21 heavy (non-hydrogen) atoms. The predicted molar refractivity (Wildman–Crippen MR) is 94.7 cm³/mol. The second-order valence-corrected chi connectivity index (χ2v) is 6.38. The minimum Gasteiger partial charge on any atom is -0.493 e. The molecule has 1 aromatic rings. The van der Waals surface area contributed by atoms with Gasteiger partial charge in [0.25, 0.3) is 0 Å². The van der Waals surface area contributed by atoms with Crippen LogP contribution in [-0.2, 0) is 6.42 Å². The van der Waals surface area contributed by atoms with E-state index in [-0.39, 0.29) is 0 Å². The molecule has 0 N–H and O–H groups in total. The van der Waals surface area contributed by atoms with Crippen molar-refractivity contribution in [3.05, 3.63) is 17.7 Å². The predicted octanol–water partition coefficient (Wildman–Crippen LogP) is 4.83. The van der Waals surface area contributed by atoms with E-state index in [2.05, 4.69) is 31.9 Å². The summed E-state index contributed by atoms with van der Waals surface area (Å²) in [5.74, 6) is 2.71. The van der Waals surface area contributed by atoms with E-state index in [1.807, 2.05) is 12.1 Å². The molecule has 0 spiro atoms. The van der Waals surface area contributed by atoms with Gasteiger partial charge in [0.05, 0.1) is 21.3 Å². The van der Waals surface area contributed by atoms with E-state index in [1.165, 1.54) is 24.8 Å². The van der Waals surface area contributed by atoms with Crippen molar-refractivity contribution in [1.29, 1.82) is 0 Å². The summed E-state index contributed by atoms with van der Waals surface area (Å²) in [5.41, 5.74) is 1.22. The minimum atomic E-state index is 0.617. The molecule has 0 amide bonds. The minimum absolute atomic E-state index is 0.617. The van der Waals surface area contributed by atoms with E-state index in [0.29, 0.717) is 11.7 Å². The molecule has 0 aliphatic rings. The summed E-state index contributed by atoms with van der Waals surface area (Å²) in [5, 5.41) is 2.08. The number of rotatable bonds is 10. The Morgan fingerprint density at radius 2 is 1.57 bits per heavy atom. The first-order valence-electron chi connectivity index (χ1n) is 7.10. The molecule has 0 unspecified atom stereocenters. The molecule has 0 heterocycles. The van der Waals surface area contributed by atoms with Gasteiger partial charge in [-0.3, -0.25) is 0 Å². The number of methoxy groups -OCH3 is 3. The average Bonchev–Trinajstić information content (AvgIpc) is 2.52. The summed E-state index contributed by atoms with van der Waals surface area (Å²) in [6.07, 6.45) is 4.68. The normalized spacial score (nSPS) is 12.0. The summed E-state index contributed by atoms with van der Waals surface area (Å²) in [6, 6.07) is 4.09. The Hall–Kier alpha value is -0.420. The fourth-order valence-electron chi connectivity index (χ4n) is 2.35. The monoisotopic (exact) mass is 422 g/mol. The molecular weight excluding hydrogens is 400 g/mol. The number of ether oxygens (including phenoxy) is 3. The number of benzene rings is 1. The lowest BCUT2D eigenvalue weighted by molar-refractivity contribution is 0.323. The molecule has 3 nitrogen and oxygen atoms in total. The smallest absolute Gasteiger partial charge is 0.203 e. The molecule has 1 rings (SSSR count). The lowest BCUT2D eigenvalue weighted by atomic mass is 9.95. The molecule has 1 atom stereocenters. The highest BCUT2D eigenvalue weighted by atomic mass is 79.9. The third kappa shape index (κ3) is 5.70. The first kappa shape index (κ1) is 18.6. The molecule has 0 aromatic heterocycles. The van der Waals surface area contributed by atoms with Crippen molar-refractivity contribution in [2.75, 3.05) is 32.0 Å². The first-order valence-corrected chi connectivity index (χ1v) is 9.35. The lowest BCUT2D eigenvalue weighted by Crippen LogP contribution is -2.07. The van der Waals surface area contributed by atoms with E-state index < -0.39 is 0 Å². The standard InChI is InChI=1S/C16H24Br2O3/c1-19-14-9-13(10-15(20-2)16(14)21-3)8-12(11-18)6-4-5-7-17/h9-10,12H,4-8,11H2,1-3H3/t12-/m0/s1. The van der Waals surface area contributed by atoms with Gasteiger partial charge in [0, 0.05) is 10.7 Å². The zero-order valence-corrected chi connectivity index (χ0v) is 16.1. The van der Waals surface area contributed by atoms with Crippen LogP contribution in [0.2, 0.25) is 0 Å². The van der Waals surface area contributed by atoms with Gasteiger partial charge in [0.15, 0.2) is 11.5 Å². The van der Waals surface area contributed by atoms with Crippen molar-refractivity contribution in [1.82, 2.24) is 0 Å². The van der Waals surface area contributed by atoms with Crippen molar-refractivity contribution >= 4 is 31.9 Å². The van der Waals surface area contributed by atoms with Crippen molar-refractivity contribution in [2.24, 2.45) is 5.92 Å². The SMILES string of the molecule is COc1cc(C[C@@H](CBr)CCCCBr)cc(OC)c1OC. The van der Waals surface area contributed by atoms with Crippen LogP contribution in [-0.4, -0.2) is 32.0 Å². The van der Waals surface area contributed by atoms with Gasteiger partial charge < -0.3 is 14.2 Å². The number of alkyl halides is 2. The van der Waals surface area contributed by atoms with Crippen molar-refractivity contribution in [2.45, 2.75) is 25.7 Å².